The number of carbonyl (C=O) groups excluding carboxylic acids is 1. The number of rotatable bonds is 4. The summed E-state index contributed by atoms with van der Waals surface area (Å²) in [6.45, 7) is 1.31. The zero-order chi connectivity index (χ0) is 16.1. The van der Waals surface area contributed by atoms with Crippen LogP contribution in [0.3, 0.4) is 0 Å². The average Bonchev–Trinajstić information content (AvgIpc) is 2.81. The Morgan fingerprint density at radius 1 is 1.35 bits per heavy atom. The van der Waals surface area contributed by atoms with Gasteiger partial charge in [-0.25, -0.2) is 9.97 Å². The van der Waals surface area contributed by atoms with E-state index in [-0.39, 0.29) is 5.91 Å². The second kappa shape index (κ2) is 7.46. The number of carbonyl (C=O) groups is 1. The molecule has 0 fully saturated rings. The van der Waals surface area contributed by atoms with Gasteiger partial charge in [0.05, 0.1) is 12.2 Å². The van der Waals surface area contributed by atoms with E-state index < -0.39 is 0 Å². The summed E-state index contributed by atoms with van der Waals surface area (Å²) in [5.41, 5.74) is 1.70. The number of hydrogen-bond donors (Lipinski definition) is 1. The molecule has 3 rings (SSSR count). The summed E-state index contributed by atoms with van der Waals surface area (Å²) < 4.78 is 5.76. The van der Waals surface area contributed by atoms with Crippen molar-refractivity contribution in [1.82, 2.24) is 15.3 Å². The molecule has 1 aromatic carbocycles. The minimum absolute atomic E-state index is 0.129. The summed E-state index contributed by atoms with van der Waals surface area (Å²) >= 11 is 1.45. The number of thioether (sulfide) groups is 1. The minimum Gasteiger partial charge on any atom is -0.493 e. The van der Waals surface area contributed by atoms with Crippen molar-refractivity contribution in [2.24, 2.45) is 5.92 Å². The molecule has 0 radical (unpaired) electrons. The molecule has 1 aliphatic rings. The van der Waals surface area contributed by atoms with Crippen molar-refractivity contribution in [3.05, 3.63) is 47.8 Å². The number of ether oxygens (including phenoxy) is 1. The van der Waals surface area contributed by atoms with E-state index in [0.717, 1.165) is 18.6 Å². The van der Waals surface area contributed by atoms with Crippen LogP contribution in [0.5, 0.6) is 5.75 Å². The van der Waals surface area contributed by atoms with Gasteiger partial charge in [0.25, 0.3) is 5.91 Å². The van der Waals surface area contributed by atoms with Gasteiger partial charge >= 0.3 is 0 Å². The highest BCUT2D eigenvalue weighted by Gasteiger charge is 2.18. The number of para-hydroxylation sites is 1. The molecule has 1 atom stereocenters. The van der Waals surface area contributed by atoms with Gasteiger partial charge in [-0.15, -0.1) is 0 Å². The van der Waals surface area contributed by atoms with Crippen LogP contribution in [0.4, 0.5) is 0 Å². The second-order valence-electron chi connectivity index (χ2n) is 5.48. The van der Waals surface area contributed by atoms with Crippen molar-refractivity contribution in [1.29, 1.82) is 0 Å². The van der Waals surface area contributed by atoms with Crippen LogP contribution < -0.4 is 10.1 Å². The van der Waals surface area contributed by atoms with Gasteiger partial charge in [-0.3, -0.25) is 4.79 Å². The molecule has 1 aromatic heterocycles. The first kappa shape index (κ1) is 15.8. The molecular weight excluding hydrogens is 310 g/mol. The summed E-state index contributed by atoms with van der Waals surface area (Å²) in [5.74, 6) is 1.20. The molecule has 0 aliphatic carbocycles. The summed E-state index contributed by atoms with van der Waals surface area (Å²) in [5, 5.41) is 3.65. The van der Waals surface area contributed by atoms with Crippen molar-refractivity contribution in [3.8, 4) is 5.75 Å². The molecule has 23 heavy (non-hydrogen) atoms. The smallest absolute Gasteiger partial charge is 0.254 e. The van der Waals surface area contributed by atoms with Gasteiger partial charge in [0, 0.05) is 18.9 Å². The number of fused-ring (bicyclic) bond motifs is 1. The third kappa shape index (κ3) is 4.01. The molecular formula is C17H19N3O2S. The third-order valence-electron chi connectivity index (χ3n) is 3.89. The Labute approximate surface area is 139 Å². The van der Waals surface area contributed by atoms with Crippen LogP contribution in [-0.4, -0.2) is 35.3 Å². The lowest BCUT2D eigenvalue weighted by Gasteiger charge is -2.14. The SMILES string of the molecule is CSc1ncc(C(=O)NC[C@H]2CCOc3ccccc3C2)cn1. The standard InChI is InChI=1S/C17H19N3O2S/c1-23-17-19-10-14(11-20-17)16(21)18-9-12-6-7-22-15-5-3-2-4-13(15)8-12/h2-5,10-12H,6-9H2,1H3,(H,18,21)/t12-/m0/s1. The maximum Gasteiger partial charge on any atom is 0.254 e. The molecule has 1 N–H and O–H groups in total. The minimum atomic E-state index is -0.129. The van der Waals surface area contributed by atoms with Gasteiger partial charge in [-0.2, -0.15) is 0 Å². The quantitative estimate of drug-likeness (QED) is 0.690. The van der Waals surface area contributed by atoms with Gasteiger partial charge in [-0.05, 0) is 36.6 Å². The molecule has 1 aliphatic heterocycles. The molecule has 0 unspecified atom stereocenters. The largest absolute Gasteiger partial charge is 0.493 e. The van der Waals surface area contributed by atoms with Crippen LogP contribution in [0.25, 0.3) is 0 Å². The lowest BCUT2D eigenvalue weighted by Crippen LogP contribution is -2.30. The molecule has 0 bridgehead atoms. The molecule has 2 aromatic rings. The Hall–Kier alpha value is -2.08. The Balaban J connectivity index is 1.58. The summed E-state index contributed by atoms with van der Waals surface area (Å²) in [4.78, 5) is 20.4. The van der Waals surface area contributed by atoms with Crippen LogP contribution >= 0.6 is 11.8 Å². The van der Waals surface area contributed by atoms with E-state index in [4.69, 9.17) is 4.74 Å². The van der Waals surface area contributed by atoms with E-state index in [9.17, 15) is 4.79 Å². The predicted octanol–water partition coefficient (Wildman–Crippen LogP) is 2.57. The number of nitrogens with zero attached hydrogens (tertiary/aromatic N) is 2. The predicted molar refractivity (Wildman–Crippen MR) is 89.9 cm³/mol. The number of nitrogens with one attached hydrogen (secondary N) is 1. The number of amides is 1. The first-order valence-corrected chi connectivity index (χ1v) is 8.83. The highest BCUT2D eigenvalue weighted by atomic mass is 32.2. The highest BCUT2D eigenvalue weighted by Crippen LogP contribution is 2.26. The van der Waals surface area contributed by atoms with Crippen molar-refractivity contribution >= 4 is 17.7 Å². The Bertz CT molecular complexity index is 676. The average molecular weight is 329 g/mol. The Morgan fingerprint density at radius 2 is 2.13 bits per heavy atom. The molecule has 0 spiro atoms. The fourth-order valence-electron chi connectivity index (χ4n) is 2.61. The third-order valence-corrected chi connectivity index (χ3v) is 4.47. The van der Waals surface area contributed by atoms with Gasteiger partial charge in [-0.1, -0.05) is 30.0 Å². The molecule has 6 heteroatoms. The van der Waals surface area contributed by atoms with Gasteiger partial charge in [0.1, 0.15) is 5.75 Å². The van der Waals surface area contributed by atoms with E-state index in [1.807, 2.05) is 24.5 Å². The molecule has 0 saturated heterocycles. The van der Waals surface area contributed by atoms with Gasteiger partial charge < -0.3 is 10.1 Å². The fraction of sp³-hybridized carbons (Fsp3) is 0.353. The van der Waals surface area contributed by atoms with Crippen molar-refractivity contribution in [2.45, 2.75) is 18.0 Å². The fourth-order valence-corrected chi connectivity index (χ4v) is 2.93. The maximum absolute atomic E-state index is 12.2. The molecule has 5 nitrogen and oxygen atoms in total. The summed E-state index contributed by atoms with van der Waals surface area (Å²) in [7, 11) is 0. The van der Waals surface area contributed by atoms with Gasteiger partial charge in [0.2, 0.25) is 0 Å². The Morgan fingerprint density at radius 3 is 2.91 bits per heavy atom. The monoisotopic (exact) mass is 329 g/mol. The van der Waals surface area contributed by atoms with Crippen LogP contribution in [0.15, 0.2) is 41.8 Å². The number of benzene rings is 1. The Kier molecular flexibility index (Phi) is 5.12. The number of aromatic nitrogens is 2. The second-order valence-corrected chi connectivity index (χ2v) is 6.26. The van der Waals surface area contributed by atoms with E-state index in [1.165, 1.54) is 17.3 Å². The zero-order valence-corrected chi connectivity index (χ0v) is 13.8. The molecule has 0 saturated carbocycles. The van der Waals surface area contributed by atoms with Crippen molar-refractivity contribution < 1.29 is 9.53 Å². The van der Waals surface area contributed by atoms with E-state index in [0.29, 0.717) is 29.8 Å². The summed E-state index contributed by atoms with van der Waals surface area (Å²) in [6, 6.07) is 8.10. The van der Waals surface area contributed by atoms with Crippen LogP contribution in [-0.2, 0) is 6.42 Å². The normalized spacial score (nSPS) is 16.8. The van der Waals surface area contributed by atoms with E-state index >= 15 is 0 Å². The van der Waals surface area contributed by atoms with Crippen LogP contribution in [0.1, 0.15) is 22.3 Å². The maximum atomic E-state index is 12.2. The lowest BCUT2D eigenvalue weighted by atomic mass is 9.97. The first-order chi connectivity index (χ1) is 11.3. The number of hydrogen-bond acceptors (Lipinski definition) is 5. The molecule has 120 valence electrons. The molecule has 2 heterocycles. The van der Waals surface area contributed by atoms with Crippen LogP contribution in [0.2, 0.25) is 0 Å². The first-order valence-electron chi connectivity index (χ1n) is 7.61. The van der Waals surface area contributed by atoms with Crippen molar-refractivity contribution in [2.75, 3.05) is 19.4 Å². The van der Waals surface area contributed by atoms with E-state index in [2.05, 4.69) is 21.4 Å². The zero-order valence-electron chi connectivity index (χ0n) is 13.0. The lowest BCUT2D eigenvalue weighted by molar-refractivity contribution is 0.0944. The van der Waals surface area contributed by atoms with Gasteiger partial charge in [0.15, 0.2) is 5.16 Å². The summed E-state index contributed by atoms with van der Waals surface area (Å²) in [6.07, 6.45) is 6.88. The molecule has 1 amide bonds. The topological polar surface area (TPSA) is 64.1 Å². The van der Waals surface area contributed by atoms with E-state index in [1.54, 1.807) is 12.4 Å². The van der Waals surface area contributed by atoms with Crippen molar-refractivity contribution in [3.63, 3.8) is 0 Å². The van der Waals surface area contributed by atoms with Crippen LogP contribution in [0, 0.1) is 5.92 Å². The highest BCUT2D eigenvalue weighted by molar-refractivity contribution is 7.98.